The molecule has 0 aromatic heterocycles. The lowest BCUT2D eigenvalue weighted by Gasteiger charge is -2.36. The maximum absolute atomic E-state index is 11.5. The van der Waals surface area contributed by atoms with Crippen molar-refractivity contribution in [3.8, 4) is 0 Å². The Labute approximate surface area is 95.0 Å². The summed E-state index contributed by atoms with van der Waals surface area (Å²) in [5, 5.41) is 0. The normalized spacial score (nSPS) is 14.1. The first-order chi connectivity index (χ1) is 6.72. The van der Waals surface area contributed by atoms with Gasteiger partial charge in [0.25, 0.3) is 0 Å². The second-order valence-corrected chi connectivity index (χ2v) is 5.51. The SMILES string of the molecule is CCC(C)(C)C(C)CN(C(C)=O)C(C)C. The fourth-order valence-electron chi connectivity index (χ4n) is 1.59. The molecule has 15 heavy (non-hydrogen) atoms. The van der Waals surface area contributed by atoms with Crippen molar-refractivity contribution in [1.82, 2.24) is 4.90 Å². The van der Waals surface area contributed by atoms with Crippen LogP contribution in [-0.4, -0.2) is 23.4 Å². The minimum Gasteiger partial charge on any atom is -0.340 e. The van der Waals surface area contributed by atoms with Gasteiger partial charge in [0.15, 0.2) is 0 Å². The largest absolute Gasteiger partial charge is 0.340 e. The molecule has 0 bridgehead atoms. The Hall–Kier alpha value is -0.530. The minimum atomic E-state index is 0.184. The van der Waals surface area contributed by atoms with Crippen LogP contribution in [0.15, 0.2) is 0 Å². The van der Waals surface area contributed by atoms with E-state index in [2.05, 4.69) is 41.5 Å². The Morgan fingerprint density at radius 1 is 1.27 bits per heavy atom. The maximum atomic E-state index is 11.5. The van der Waals surface area contributed by atoms with Crippen LogP contribution < -0.4 is 0 Å². The molecule has 1 amide bonds. The average molecular weight is 213 g/mol. The van der Waals surface area contributed by atoms with E-state index >= 15 is 0 Å². The number of nitrogens with zero attached hydrogens (tertiary/aromatic N) is 1. The molecule has 0 rings (SSSR count). The van der Waals surface area contributed by atoms with Gasteiger partial charge >= 0.3 is 0 Å². The minimum absolute atomic E-state index is 0.184. The second-order valence-electron chi connectivity index (χ2n) is 5.51. The molecule has 0 N–H and O–H groups in total. The van der Waals surface area contributed by atoms with Crippen LogP contribution in [0.3, 0.4) is 0 Å². The highest BCUT2D eigenvalue weighted by Crippen LogP contribution is 2.30. The fourth-order valence-corrected chi connectivity index (χ4v) is 1.59. The topological polar surface area (TPSA) is 20.3 Å². The highest BCUT2D eigenvalue weighted by Gasteiger charge is 2.27. The van der Waals surface area contributed by atoms with Crippen molar-refractivity contribution < 1.29 is 4.79 Å². The van der Waals surface area contributed by atoms with Gasteiger partial charge in [0.1, 0.15) is 0 Å². The predicted molar refractivity (Wildman–Crippen MR) is 65.8 cm³/mol. The molecule has 1 atom stereocenters. The van der Waals surface area contributed by atoms with Crippen LogP contribution in [0.1, 0.15) is 54.9 Å². The van der Waals surface area contributed by atoms with Gasteiger partial charge in [-0.05, 0) is 25.2 Å². The van der Waals surface area contributed by atoms with Crippen molar-refractivity contribution in [2.24, 2.45) is 11.3 Å². The summed E-state index contributed by atoms with van der Waals surface area (Å²) in [6.45, 7) is 15.7. The summed E-state index contributed by atoms with van der Waals surface area (Å²) < 4.78 is 0. The Bertz CT molecular complexity index is 209. The molecule has 0 spiro atoms. The van der Waals surface area contributed by atoms with E-state index in [0.717, 1.165) is 13.0 Å². The van der Waals surface area contributed by atoms with E-state index in [0.29, 0.717) is 17.4 Å². The third-order valence-corrected chi connectivity index (χ3v) is 3.74. The van der Waals surface area contributed by atoms with E-state index in [1.165, 1.54) is 0 Å². The van der Waals surface area contributed by atoms with Crippen LogP contribution >= 0.6 is 0 Å². The molecule has 0 saturated carbocycles. The van der Waals surface area contributed by atoms with Crippen molar-refractivity contribution >= 4 is 5.91 Å². The van der Waals surface area contributed by atoms with E-state index in [1.807, 2.05) is 4.90 Å². The van der Waals surface area contributed by atoms with Crippen LogP contribution in [0, 0.1) is 11.3 Å². The van der Waals surface area contributed by atoms with E-state index in [1.54, 1.807) is 6.92 Å². The van der Waals surface area contributed by atoms with Gasteiger partial charge in [0, 0.05) is 19.5 Å². The first kappa shape index (κ1) is 14.5. The Morgan fingerprint density at radius 2 is 1.73 bits per heavy atom. The van der Waals surface area contributed by atoms with E-state index in [9.17, 15) is 4.79 Å². The van der Waals surface area contributed by atoms with E-state index in [-0.39, 0.29) is 5.91 Å². The molecule has 0 aliphatic heterocycles. The first-order valence-electron chi connectivity index (χ1n) is 5.99. The van der Waals surface area contributed by atoms with Gasteiger partial charge in [-0.2, -0.15) is 0 Å². The lowest BCUT2D eigenvalue weighted by Crippen LogP contribution is -2.41. The van der Waals surface area contributed by atoms with E-state index < -0.39 is 0 Å². The molecular weight excluding hydrogens is 186 g/mol. The zero-order chi connectivity index (χ0) is 12.2. The molecule has 2 nitrogen and oxygen atoms in total. The Kier molecular flexibility index (Phi) is 5.33. The summed E-state index contributed by atoms with van der Waals surface area (Å²) in [6.07, 6.45) is 1.15. The molecule has 0 saturated heterocycles. The van der Waals surface area contributed by atoms with Gasteiger partial charge in [0.2, 0.25) is 5.91 Å². The lowest BCUT2D eigenvalue weighted by atomic mass is 9.77. The maximum Gasteiger partial charge on any atom is 0.219 e. The van der Waals surface area contributed by atoms with Gasteiger partial charge in [0.05, 0.1) is 0 Å². The summed E-state index contributed by atoms with van der Waals surface area (Å²) in [6, 6.07) is 0.303. The Balaban J connectivity index is 4.49. The molecule has 90 valence electrons. The van der Waals surface area contributed by atoms with Crippen molar-refractivity contribution in [2.75, 3.05) is 6.54 Å². The smallest absolute Gasteiger partial charge is 0.219 e. The fraction of sp³-hybridized carbons (Fsp3) is 0.923. The number of carbonyl (C=O) groups is 1. The van der Waals surface area contributed by atoms with Crippen LogP contribution in [0.5, 0.6) is 0 Å². The predicted octanol–water partition coefficient (Wildman–Crippen LogP) is 3.32. The number of hydrogen-bond donors (Lipinski definition) is 0. The third kappa shape index (κ3) is 4.23. The van der Waals surface area contributed by atoms with Gasteiger partial charge in [-0.25, -0.2) is 0 Å². The average Bonchev–Trinajstić information content (AvgIpc) is 2.12. The molecule has 1 unspecified atom stereocenters. The lowest BCUT2D eigenvalue weighted by molar-refractivity contribution is -0.131. The van der Waals surface area contributed by atoms with Crippen molar-refractivity contribution in [3.05, 3.63) is 0 Å². The molecule has 0 aliphatic carbocycles. The molecule has 0 radical (unpaired) electrons. The second kappa shape index (κ2) is 5.53. The summed E-state index contributed by atoms with van der Waals surface area (Å²) >= 11 is 0. The number of amides is 1. The highest BCUT2D eigenvalue weighted by atomic mass is 16.2. The molecule has 0 fully saturated rings. The van der Waals surface area contributed by atoms with Crippen LogP contribution in [0.2, 0.25) is 0 Å². The number of rotatable bonds is 5. The first-order valence-corrected chi connectivity index (χ1v) is 5.99. The van der Waals surface area contributed by atoms with Crippen molar-refractivity contribution in [3.63, 3.8) is 0 Å². The summed E-state index contributed by atoms with van der Waals surface area (Å²) in [4.78, 5) is 13.4. The monoisotopic (exact) mass is 213 g/mol. The van der Waals surface area contributed by atoms with Crippen LogP contribution in [0.25, 0.3) is 0 Å². The standard InChI is InChI=1S/C13H27NO/c1-8-13(6,7)11(4)9-14(10(2)3)12(5)15/h10-11H,8-9H2,1-7H3. The van der Waals surface area contributed by atoms with Gasteiger partial charge in [-0.15, -0.1) is 0 Å². The molecule has 0 aromatic rings. The van der Waals surface area contributed by atoms with Gasteiger partial charge < -0.3 is 4.90 Å². The van der Waals surface area contributed by atoms with Crippen molar-refractivity contribution in [1.29, 1.82) is 0 Å². The zero-order valence-corrected chi connectivity index (χ0v) is 11.4. The molecular formula is C13H27NO. The summed E-state index contributed by atoms with van der Waals surface area (Å²) in [7, 11) is 0. The third-order valence-electron chi connectivity index (χ3n) is 3.74. The van der Waals surface area contributed by atoms with Crippen LogP contribution in [-0.2, 0) is 4.79 Å². The van der Waals surface area contributed by atoms with Gasteiger partial charge in [-0.3, -0.25) is 4.79 Å². The molecule has 0 aliphatic rings. The summed E-state index contributed by atoms with van der Waals surface area (Å²) in [5.74, 6) is 0.720. The van der Waals surface area contributed by atoms with Gasteiger partial charge in [-0.1, -0.05) is 34.1 Å². The quantitative estimate of drug-likeness (QED) is 0.686. The molecule has 0 aromatic carbocycles. The van der Waals surface area contributed by atoms with Crippen LogP contribution in [0.4, 0.5) is 0 Å². The van der Waals surface area contributed by atoms with Crippen molar-refractivity contribution in [2.45, 2.75) is 60.9 Å². The Morgan fingerprint density at radius 3 is 2.00 bits per heavy atom. The summed E-state index contributed by atoms with van der Waals surface area (Å²) in [5.41, 5.74) is 0.308. The highest BCUT2D eigenvalue weighted by molar-refractivity contribution is 5.73. The molecule has 2 heteroatoms. The number of carbonyl (C=O) groups excluding carboxylic acids is 1. The number of hydrogen-bond acceptors (Lipinski definition) is 1. The van der Waals surface area contributed by atoms with E-state index in [4.69, 9.17) is 0 Å². The molecule has 0 heterocycles. The zero-order valence-electron chi connectivity index (χ0n) is 11.4.